The third-order valence-corrected chi connectivity index (χ3v) is 23.3. The zero-order valence-electron chi connectivity index (χ0n) is 78.0. The van der Waals surface area contributed by atoms with Gasteiger partial charge in [-0.25, -0.2) is 0 Å². The van der Waals surface area contributed by atoms with E-state index < -0.39 is 85.3 Å². The first-order chi connectivity index (χ1) is 59.5. The molecule has 5 heterocycles. The lowest BCUT2D eigenvalue weighted by Gasteiger charge is -2.45. The van der Waals surface area contributed by atoms with Gasteiger partial charge in [-0.1, -0.05) is 301 Å². The van der Waals surface area contributed by atoms with E-state index >= 15 is 0 Å². The van der Waals surface area contributed by atoms with E-state index in [-0.39, 0.29) is 49.0 Å². The monoisotopic (exact) mass is 1460 g/mol. The van der Waals surface area contributed by atoms with Crippen molar-refractivity contribution in [3.8, 4) is 61.6 Å². The lowest BCUT2D eigenvalue weighted by Crippen LogP contribution is -2.61. The molecule has 6 heteroatoms. The smallest absolute Gasteiger partial charge is 0.252 e. The first-order valence-corrected chi connectivity index (χ1v) is 38.8. The molecule has 0 unspecified atom stereocenters. The maximum atomic E-state index is 10.1. The molecule has 18 aromatic rings. The van der Waals surface area contributed by atoms with E-state index in [9.17, 15) is 13.7 Å². The van der Waals surface area contributed by atoms with Crippen LogP contribution in [0.25, 0.3) is 127 Å². The van der Waals surface area contributed by atoms with E-state index in [1.165, 1.54) is 11.1 Å². The zero-order valence-corrected chi connectivity index (χ0v) is 65.0. The highest BCUT2D eigenvalue weighted by Crippen LogP contribution is 2.53. The van der Waals surface area contributed by atoms with Crippen LogP contribution in [0.3, 0.4) is 0 Å². The summed E-state index contributed by atoms with van der Waals surface area (Å²) in [4.78, 5) is 4.52. The summed E-state index contributed by atoms with van der Waals surface area (Å²) in [7, 11) is 0. The van der Waals surface area contributed by atoms with Crippen molar-refractivity contribution in [1.82, 2.24) is 13.7 Å². The van der Waals surface area contributed by atoms with Gasteiger partial charge in [0.05, 0.1) is 62.3 Å². The van der Waals surface area contributed by atoms with Gasteiger partial charge in [0.1, 0.15) is 0 Å². The number of anilines is 6. The van der Waals surface area contributed by atoms with Crippen molar-refractivity contribution in [3.05, 3.63) is 350 Å². The van der Waals surface area contributed by atoms with Crippen LogP contribution in [0.2, 0.25) is 0 Å². The molecular formula is C106H90BN5. The fourth-order valence-corrected chi connectivity index (χ4v) is 17.6. The lowest BCUT2D eigenvalue weighted by molar-refractivity contribution is 0.590. The highest BCUT2D eigenvalue weighted by molar-refractivity contribution is 7.00. The topological polar surface area (TPSA) is 21.3 Å². The molecule has 0 aliphatic carbocycles. The highest BCUT2D eigenvalue weighted by Gasteiger charge is 2.45. The zero-order chi connectivity index (χ0) is 87.7. The molecule has 3 aromatic heterocycles. The molecule has 5 nitrogen and oxygen atoms in total. The summed E-state index contributed by atoms with van der Waals surface area (Å²) in [6.07, 6.45) is 0. The van der Waals surface area contributed by atoms with Gasteiger partial charge in [0.15, 0.2) is 0 Å². The van der Waals surface area contributed by atoms with Crippen LogP contribution < -0.4 is 26.2 Å². The quantitative estimate of drug-likeness (QED) is 0.134. The van der Waals surface area contributed by atoms with Crippen molar-refractivity contribution < 1.29 is 17.8 Å². The molecule has 0 bridgehead atoms. The first kappa shape index (κ1) is 55.7. The number of hydrogen-bond acceptors (Lipinski definition) is 2. The summed E-state index contributed by atoms with van der Waals surface area (Å²) in [5.74, 6) is 0. The van der Waals surface area contributed by atoms with Crippen LogP contribution in [0.5, 0.6) is 0 Å². The van der Waals surface area contributed by atoms with Gasteiger partial charge in [0, 0.05) is 72.1 Å². The van der Waals surface area contributed by atoms with Crippen molar-refractivity contribution in [2.24, 2.45) is 0 Å². The van der Waals surface area contributed by atoms with Gasteiger partial charge in [-0.05, 0) is 214 Å². The van der Waals surface area contributed by atoms with Crippen LogP contribution in [-0.4, -0.2) is 20.4 Å². The fourth-order valence-electron chi connectivity index (χ4n) is 17.6. The second-order valence-electron chi connectivity index (χ2n) is 34.4. The second-order valence-corrected chi connectivity index (χ2v) is 34.4. The molecule has 0 spiro atoms. The van der Waals surface area contributed by atoms with Crippen LogP contribution in [0, 0.1) is 0 Å². The Morgan fingerprint density at radius 1 is 0.241 bits per heavy atom. The minimum atomic E-state index is -0.705. The number of benzene rings is 15. The molecule has 20 rings (SSSR count). The van der Waals surface area contributed by atoms with Gasteiger partial charge in [-0.2, -0.15) is 0 Å². The predicted molar refractivity (Wildman–Crippen MR) is 480 cm³/mol. The first-order valence-electron chi connectivity index (χ1n) is 45.3. The van der Waals surface area contributed by atoms with Crippen LogP contribution in [0.4, 0.5) is 34.1 Å². The van der Waals surface area contributed by atoms with Crippen molar-refractivity contribution in [2.45, 2.75) is 105 Å². The molecule has 0 saturated carbocycles. The summed E-state index contributed by atoms with van der Waals surface area (Å²) in [6.45, 7) is 26.1. The molecular weight excluding hydrogens is 1350 g/mol. The Morgan fingerprint density at radius 3 is 1.31 bits per heavy atom. The van der Waals surface area contributed by atoms with Crippen LogP contribution in [0.1, 0.15) is 123 Å². The van der Waals surface area contributed by atoms with Crippen LogP contribution >= 0.6 is 0 Å². The predicted octanol–water partition coefficient (Wildman–Crippen LogP) is 26.9. The molecule has 0 fully saturated rings. The molecule has 2 aliphatic rings. The Kier molecular flexibility index (Phi) is 12.7. The number of hydrogen-bond donors (Lipinski definition) is 0. The molecule has 15 aromatic carbocycles. The fraction of sp³-hybridized carbons (Fsp3) is 0.151. The van der Waals surface area contributed by atoms with Crippen molar-refractivity contribution >= 4 is 123 Å². The number of para-hydroxylation sites is 5. The lowest BCUT2D eigenvalue weighted by atomic mass is 9.33. The third kappa shape index (κ3) is 11.1. The van der Waals surface area contributed by atoms with Gasteiger partial charge in [0.2, 0.25) is 0 Å². The standard InChI is InChI=1S/C106H90BN5/c1-103(2,3)75-48-45-69(46-49-75)73-57-72(67-29-16-13-17-30-67)59-81(60-73)109-97-66-80(108-90-41-24-22-37-82(90)83-38-23-25-42-91(83)108)52-54-89(97)107-88-53-47-71(70-33-26-34-76(58-70)104(4,5)6)61-96(88)112(99-63-74(62-98(109)100(99)107)68-31-18-14-19-32-68)95-44-28-40-85-84-39-27-43-94(101(84)110(102(85)95)79-35-20-15-21-36-79)111-92-55-50-77(105(7,8)9)64-86(92)87-65-78(106(10,11)12)51-56-93(87)111/h13-66H,1-12H3/i14D,18D,19D,22D,23D,24D,25D,31D,32D,37D,38D,41D,42D. The Labute approximate surface area is 676 Å². The highest BCUT2D eigenvalue weighted by atomic mass is 15.2. The number of nitrogens with zero attached hydrogens (tertiary/aromatic N) is 5. The average Bonchev–Trinajstić information content (AvgIpc) is 1.68. The minimum absolute atomic E-state index is 0.0347. The van der Waals surface area contributed by atoms with Crippen LogP contribution in [0.15, 0.2) is 327 Å². The molecule has 0 amide bonds. The summed E-state index contributed by atoms with van der Waals surface area (Å²) in [5.41, 5.74) is 22.1. The van der Waals surface area contributed by atoms with Crippen molar-refractivity contribution in [3.63, 3.8) is 0 Å². The van der Waals surface area contributed by atoms with Crippen molar-refractivity contribution in [1.29, 1.82) is 0 Å². The molecule has 0 radical (unpaired) electrons. The van der Waals surface area contributed by atoms with E-state index in [1.807, 2.05) is 54.6 Å². The average molecular weight is 1460 g/mol. The Morgan fingerprint density at radius 2 is 0.705 bits per heavy atom. The molecule has 0 atom stereocenters. The Bertz CT molecular complexity index is 7510. The Balaban J connectivity index is 0.964. The molecule has 112 heavy (non-hydrogen) atoms. The van der Waals surface area contributed by atoms with E-state index in [0.29, 0.717) is 34.0 Å². The van der Waals surface area contributed by atoms with Crippen LogP contribution in [-0.2, 0) is 21.7 Å². The summed E-state index contributed by atoms with van der Waals surface area (Å²) < 4.78 is 131. The number of fused-ring (bicyclic) bond motifs is 13. The third-order valence-electron chi connectivity index (χ3n) is 23.3. The summed E-state index contributed by atoms with van der Waals surface area (Å²) >= 11 is 0. The minimum Gasteiger partial charge on any atom is -0.311 e. The van der Waals surface area contributed by atoms with Gasteiger partial charge in [-0.3, -0.25) is 0 Å². The van der Waals surface area contributed by atoms with Gasteiger partial charge in [-0.15, -0.1) is 0 Å². The van der Waals surface area contributed by atoms with Gasteiger partial charge >= 0.3 is 0 Å². The maximum Gasteiger partial charge on any atom is 0.252 e. The van der Waals surface area contributed by atoms with E-state index in [0.717, 1.165) is 127 Å². The maximum absolute atomic E-state index is 10.1. The van der Waals surface area contributed by atoms with E-state index in [2.05, 4.69) is 296 Å². The van der Waals surface area contributed by atoms with Crippen molar-refractivity contribution in [2.75, 3.05) is 9.80 Å². The molecule has 2 aliphatic heterocycles. The summed E-state index contributed by atoms with van der Waals surface area (Å²) in [5, 5.41) is 4.09. The number of rotatable bonds is 9. The molecule has 0 N–H and O–H groups in total. The van der Waals surface area contributed by atoms with E-state index in [1.54, 1.807) is 4.57 Å². The SMILES string of the molecule is [2H]c1c([2H])c([2H])c(-c2cc3c4c(c2)N(c2cccc5c6cccc(-n7c8ccc(C(C)(C)C)cc8c8cc(C(C)(C)C)ccc87)c6n(-c6ccccc6)c25)c2cc(-c5cccc(C(C)(C)C)c5)ccc2B4c2ccc(-n4c5c([2H])c([2H])c([2H])c([2H])c5c5c([2H])c([2H])c([2H])c([2H])c54)cc2N3c2cc(-c3ccccc3)cc(-c3ccc(C(C)(C)C)cc3)c2)c([2H])c1[2H]. The number of aromatic nitrogens is 3. The van der Waals surface area contributed by atoms with Gasteiger partial charge in [0.25, 0.3) is 6.71 Å². The molecule has 0 saturated heterocycles. The van der Waals surface area contributed by atoms with E-state index in [4.69, 9.17) is 4.11 Å². The van der Waals surface area contributed by atoms with Gasteiger partial charge < -0.3 is 23.5 Å². The second kappa shape index (κ2) is 25.5. The summed E-state index contributed by atoms with van der Waals surface area (Å²) in [6, 6.07) is 81.6. The largest absolute Gasteiger partial charge is 0.311 e. The normalized spacial score (nSPS) is 14.8. The Hall–Kier alpha value is -12.6. The molecule has 542 valence electrons.